The zero-order chi connectivity index (χ0) is 22.6. The first-order valence-electron chi connectivity index (χ1n) is 12.0. The number of para-hydroxylation sites is 2. The van der Waals surface area contributed by atoms with Gasteiger partial charge in [-0.15, -0.1) is 12.4 Å². The summed E-state index contributed by atoms with van der Waals surface area (Å²) < 4.78 is 1.97. The minimum absolute atomic E-state index is 0. The summed E-state index contributed by atoms with van der Waals surface area (Å²) in [7, 11) is 0. The minimum Gasteiger partial charge on any atom is -0.355 e. The number of hydrogen-bond donors (Lipinski definition) is 3. The van der Waals surface area contributed by atoms with Gasteiger partial charge in [0.2, 0.25) is 11.8 Å². The quantitative estimate of drug-likeness (QED) is 0.483. The lowest BCUT2D eigenvalue weighted by molar-refractivity contribution is -0.125. The Kier molecular flexibility index (Phi) is 7.85. The van der Waals surface area contributed by atoms with Gasteiger partial charge in [0.25, 0.3) is 0 Å². The lowest BCUT2D eigenvalue weighted by Gasteiger charge is -2.21. The van der Waals surface area contributed by atoms with Crippen LogP contribution in [0, 0.1) is 5.92 Å². The number of carbonyl (C=O) groups excluding carboxylic acids is 2. The lowest BCUT2D eigenvalue weighted by atomic mass is 9.97. The molecule has 1 aromatic heterocycles. The number of amides is 2. The molecule has 3 aromatic rings. The van der Waals surface area contributed by atoms with E-state index in [0.29, 0.717) is 13.0 Å². The maximum absolute atomic E-state index is 12.9. The van der Waals surface area contributed by atoms with Crippen molar-refractivity contribution < 1.29 is 9.59 Å². The van der Waals surface area contributed by atoms with Crippen molar-refractivity contribution >= 4 is 40.9 Å². The van der Waals surface area contributed by atoms with E-state index in [-0.39, 0.29) is 36.7 Å². The number of hydrogen-bond acceptors (Lipinski definition) is 4. The number of benzene rings is 2. The van der Waals surface area contributed by atoms with Crippen LogP contribution in [0.2, 0.25) is 0 Å². The Balaban J connectivity index is 0.00000274. The third kappa shape index (κ3) is 5.42. The second-order valence-corrected chi connectivity index (χ2v) is 9.05. The molecule has 1 saturated heterocycles. The van der Waals surface area contributed by atoms with Crippen LogP contribution in [0.1, 0.15) is 36.2 Å². The fourth-order valence-corrected chi connectivity index (χ4v) is 5.01. The van der Waals surface area contributed by atoms with Crippen molar-refractivity contribution in [2.75, 3.05) is 25.0 Å². The van der Waals surface area contributed by atoms with Gasteiger partial charge in [0.05, 0.1) is 11.0 Å². The van der Waals surface area contributed by atoms with Crippen LogP contribution in [-0.4, -0.2) is 41.0 Å². The first-order chi connectivity index (χ1) is 16.2. The Morgan fingerprint density at radius 1 is 1.06 bits per heavy atom. The number of fused-ring (bicyclic) bond motifs is 2. The molecule has 5 rings (SSSR count). The Labute approximate surface area is 206 Å². The summed E-state index contributed by atoms with van der Waals surface area (Å²) in [6, 6.07) is 14.1. The van der Waals surface area contributed by atoms with Crippen LogP contribution in [-0.2, 0) is 35.4 Å². The molecule has 0 spiro atoms. The maximum atomic E-state index is 12.9. The van der Waals surface area contributed by atoms with E-state index in [0.717, 1.165) is 61.3 Å². The van der Waals surface area contributed by atoms with Gasteiger partial charge in [-0.3, -0.25) is 9.59 Å². The molecule has 0 bridgehead atoms. The topological polar surface area (TPSA) is 88.1 Å². The molecule has 1 aliphatic heterocycles. The number of piperidine rings is 1. The maximum Gasteiger partial charge on any atom is 0.244 e. The molecule has 0 atom stereocenters. The highest BCUT2D eigenvalue weighted by Crippen LogP contribution is 2.25. The van der Waals surface area contributed by atoms with Crippen molar-refractivity contribution in [1.29, 1.82) is 0 Å². The van der Waals surface area contributed by atoms with Gasteiger partial charge in [0.1, 0.15) is 12.4 Å². The number of carbonyl (C=O) groups is 2. The summed E-state index contributed by atoms with van der Waals surface area (Å²) in [6.07, 6.45) is 5.74. The van der Waals surface area contributed by atoms with Crippen LogP contribution in [0.25, 0.3) is 11.0 Å². The lowest BCUT2D eigenvalue weighted by Crippen LogP contribution is -2.39. The van der Waals surface area contributed by atoms with Crippen LogP contribution < -0.4 is 16.0 Å². The molecule has 1 aliphatic carbocycles. The molecule has 2 aliphatic rings. The van der Waals surface area contributed by atoms with Crippen LogP contribution in [0.3, 0.4) is 0 Å². The number of rotatable bonds is 7. The molecule has 180 valence electrons. The van der Waals surface area contributed by atoms with Crippen molar-refractivity contribution in [3.8, 4) is 0 Å². The molecule has 3 N–H and O–H groups in total. The Bertz CT molecular complexity index is 1170. The van der Waals surface area contributed by atoms with E-state index < -0.39 is 0 Å². The monoisotopic (exact) mass is 481 g/mol. The molecule has 2 aromatic carbocycles. The molecule has 7 nitrogen and oxygen atoms in total. The molecule has 0 unspecified atom stereocenters. The van der Waals surface area contributed by atoms with E-state index >= 15 is 0 Å². The highest BCUT2D eigenvalue weighted by molar-refractivity contribution is 5.92. The van der Waals surface area contributed by atoms with Gasteiger partial charge in [-0.25, -0.2) is 4.98 Å². The first-order valence-corrected chi connectivity index (χ1v) is 12.0. The summed E-state index contributed by atoms with van der Waals surface area (Å²) in [4.78, 5) is 30.2. The van der Waals surface area contributed by atoms with Gasteiger partial charge in [0, 0.05) is 24.6 Å². The summed E-state index contributed by atoms with van der Waals surface area (Å²) in [6.45, 7) is 2.49. The first kappa shape index (κ1) is 24.2. The Hall–Kier alpha value is -2.90. The molecule has 0 saturated carbocycles. The normalized spacial score (nSPS) is 15.5. The average molecular weight is 482 g/mol. The van der Waals surface area contributed by atoms with E-state index in [9.17, 15) is 9.59 Å². The van der Waals surface area contributed by atoms with Crippen LogP contribution >= 0.6 is 12.4 Å². The van der Waals surface area contributed by atoms with Gasteiger partial charge in [0.15, 0.2) is 0 Å². The van der Waals surface area contributed by atoms with Gasteiger partial charge in [-0.1, -0.05) is 18.2 Å². The Morgan fingerprint density at radius 3 is 2.71 bits per heavy atom. The smallest absolute Gasteiger partial charge is 0.244 e. The van der Waals surface area contributed by atoms with Gasteiger partial charge < -0.3 is 20.5 Å². The van der Waals surface area contributed by atoms with E-state index in [2.05, 4.69) is 28.1 Å². The highest BCUT2D eigenvalue weighted by Gasteiger charge is 2.21. The SMILES string of the molecule is Cl.O=C(Cn1c(CCNC(=O)C2CCNCC2)nc2ccccc21)Nc1ccc2c(c1)CCC2. The second kappa shape index (κ2) is 11.0. The number of nitrogens with zero attached hydrogens (tertiary/aromatic N) is 2. The summed E-state index contributed by atoms with van der Waals surface area (Å²) in [5, 5.41) is 9.42. The predicted molar refractivity (Wildman–Crippen MR) is 136 cm³/mol. The van der Waals surface area contributed by atoms with Crippen molar-refractivity contribution in [3.05, 3.63) is 59.4 Å². The summed E-state index contributed by atoms with van der Waals surface area (Å²) >= 11 is 0. The van der Waals surface area contributed by atoms with E-state index in [1.54, 1.807) is 0 Å². The molecule has 1 fully saturated rings. The van der Waals surface area contributed by atoms with E-state index in [4.69, 9.17) is 4.98 Å². The third-order valence-electron chi connectivity index (χ3n) is 6.78. The number of aromatic nitrogens is 2. The number of imidazole rings is 1. The molecule has 2 amide bonds. The fourth-order valence-electron chi connectivity index (χ4n) is 5.01. The van der Waals surface area contributed by atoms with Crippen molar-refractivity contribution in [2.45, 2.75) is 45.1 Å². The highest BCUT2D eigenvalue weighted by atomic mass is 35.5. The molecule has 2 heterocycles. The van der Waals surface area contributed by atoms with Crippen LogP contribution in [0.5, 0.6) is 0 Å². The zero-order valence-electron chi connectivity index (χ0n) is 19.3. The number of halogens is 1. The van der Waals surface area contributed by atoms with E-state index in [1.807, 2.05) is 34.9 Å². The standard InChI is InChI=1S/C26H31N5O2.ClH/c32-25(29-21-9-8-18-4-3-5-20(18)16-21)17-31-23-7-2-1-6-22(23)30-24(31)12-15-28-26(33)19-10-13-27-14-11-19;/h1-2,6-9,16,19,27H,3-5,10-15,17H2,(H,28,33)(H,29,32);1H. The molecule has 0 radical (unpaired) electrons. The zero-order valence-corrected chi connectivity index (χ0v) is 20.1. The second-order valence-electron chi connectivity index (χ2n) is 9.05. The molecule has 8 heteroatoms. The fraction of sp³-hybridized carbons (Fsp3) is 0.423. The summed E-state index contributed by atoms with van der Waals surface area (Å²) in [5.41, 5.74) is 5.37. The number of anilines is 1. The predicted octanol–water partition coefficient (Wildman–Crippen LogP) is 3.24. The minimum atomic E-state index is -0.0731. The van der Waals surface area contributed by atoms with Crippen LogP contribution in [0.4, 0.5) is 5.69 Å². The van der Waals surface area contributed by atoms with Crippen molar-refractivity contribution in [1.82, 2.24) is 20.2 Å². The molecular weight excluding hydrogens is 450 g/mol. The van der Waals surface area contributed by atoms with Gasteiger partial charge in [-0.2, -0.15) is 0 Å². The Morgan fingerprint density at radius 2 is 1.85 bits per heavy atom. The van der Waals surface area contributed by atoms with Crippen molar-refractivity contribution in [3.63, 3.8) is 0 Å². The molecule has 34 heavy (non-hydrogen) atoms. The van der Waals surface area contributed by atoms with Crippen LogP contribution in [0.15, 0.2) is 42.5 Å². The summed E-state index contributed by atoms with van der Waals surface area (Å²) in [5.74, 6) is 0.943. The number of aryl methyl sites for hydroxylation is 2. The third-order valence-corrected chi connectivity index (χ3v) is 6.78. The number of nitrogens with one attached hydrogen (secondary N) is 3. The largest absolute Gasteiger partial charge is 0.355 e. The average Bonchev–Trinajstić information content (AvgIpc) is 3.44. The van der Waals surface area contributed by atoms with E-state index in [1.165, 1.54) is 17.5 Å². The van der Waals surface area contributed by atoms with Crippen molar-refractivity contribution in [2.24, 2.45) is 5.92 Å². The van der Waals surface area contributed by atoms with Gasteiger partial charge >= 0.3 is 0 Å². The van der Waals surface area contributed by atoms with Gasteiger partial charge in [-0.05, 0) is 80.6 Å². The molecular formula is C26H32ClN5O2.